The van der Waals surface area contributed by atoms with Gasteiger partial charge in [0.05, 0.1) is 28.5 Å². The lowest BCUT2D eigenvalue weighted by Crippen LogP contribution is -2.33. The fourth-order valence-electron chi connectivity index (χ4n) is 4.76. The second-order valence-corrected chi connectivity index (χ2v) is 13.0. The van der Waals surface area contributed by atoms with Gasteiger partial charge in [0.2, 0.25) is 5.88 Å². The van der Waals surface area contributed by atoms with Crippen molar-refractivity contribution in [3.63, 3.8) is 0 Å². The predicted molar refractivity (Wildman–Crippen MR) is 151 cm³/mol. The first-order chi connectivity index (χ1) is 18.3. The molecule has 10 nitrogen and oxygen atoms in total. The van der Waals surface area contributed by atoms with Gasteiger partial charge in [-0.05, 0) is 62.8 Å². The minimum Gasteiger partial charge on any atom is -0.474 e. The van der Waals surface area contributed by atoms with E-state index in [2.05, 4.69) is 22.2 Å². The van der Waals surface area contributed by atoms with E-state index in [-0.39, 0.29) is 29.8 Å². The lowest BCUT2D eigenvalue weighted by atomic mass is 9.87. The van der Waals surface area contributed by atoms with Crippen molar-refractivity contribution in [2.75, 3.05) is 17.3 Å². The van der Waals surface area contributed by atoms with Crippen molar-refractivity contribution >= 4 is 38.2 Å². The van der Waals surface area contributed by atoms with E-state index in [1.807, 2.05) is 33.8 Å². The molecule has 3 aromatic rings. The van der Waals surface area contributed by atoms with Gasteiger partial charge in [0.1, 0.15) is 27.6 Å². The molecule has 0 radical (unpaired) electrons. The van der Waals surface area contributed by atoms with Crippen molar-refractivity contribution in [1.82, 2.24) is 15.0 Å². The van der Waals surface area contributed by atoms with Gasteiger partial charge in [0.15, 0.2) is 0 Å². The number of nitrogens with one attached hydrogen (secondary N) is 1. The summed E-state index contributed by atoms with van der Waals surface area (Å²) in [6, 6.07) is 5.33. The molecule has 11 heteroatoms. The fourth-order valence-corrected chi connectivity index (χ4v) is 5.52. The van der Waals surface area contributed by atoms with Gasteiger partial charge >= 0.3 is 5.97 Å². The highest BCUT2D eigenvalue weighted by Gasteiger charge is 2.31. The number of anilines is 2. The molecular formula is C28H37N5O5S. The molecule has 0 bridgehead atoms. The summed E-state index contributed by atoms with van der Waals surface area (Å²) in [6.45, 7) is 9.71. The first-order valence-corrected chi connectivity index (χ1v) is 15.3. The van der Waals surface area contributed by atoms with E-state index in [4.69, 9.17) is 20.2 Å². The zero-order chi connectivity index (χ0) is 28.5. The average Bonchev–Trinajstić information content (AvgIpc) is 2.85. The number of nitrogens with two attached hydrogens (primary N) is 1. The number of pyridine rings is 3. The maximum atomic E-state index is 12.3. The van der Waals surface area contributed by atoms with Gasteiger partial charge in [0, 0.05) is 30.1 Å². The van der Waals surface area contributed by atoms with E-state index in [0.717, 1.165) is 23.8 Å². The van der Waals surface area contributed by atoms with Crippen molar-refractivity contribution in [3.8, 4) is 5.88 Å². The Bertz CT molecular complexity index is 1490. The molecule has 0 aromatic carbocycles. The maximum Gasteiger partial charge on any atom is 0.340 e. The smallest absolute Gasteiger partial charge is 0.340 e. The summed E-state index contributed by atoms with van der Waals surface area (Å²) in [5, 5.41) is 4.77. The SMILES string of the molecule is CCC[C@](C)(N)c1cnc(O[C@H](C)CCS(C)(=O)=O)c2cnc(Nc3ccc4c(n3)[C@@H](C)[C@H](C)OC4=O)cc12. The van der Waals surface area contributed by atoms with Crippen LogP contribution in [0.5, 0.6) is 5.88 Å². The number of cyclic esters (lactones) is 1. The van der Waals surface area contributed by atoms with Crippen LogP contribution in [0.15, 0.2) is 30.6 Å². The summed E-state index contributed by atoms with van der Waals surface area (Å²) in [6.07, 6.45) is 5.97. The standard InChI is InChI=1S/C28H37N5O5S/c1-7-11-28(5,29)22-15-31-26(37-16(2)10-12-39(6,35)36)21-14-30-24(13-20(21)22)32-23-9-8-19-25(33-23)17(3)18(4)38-27(19)34/h8-9,13-18H,7,10-12,29H2,1-6H3,(H,30,32,33)/t16-,17+,18+,28+/m1/s1. The van der Waals surface area contributed by atoms with E-state index < -0.39 is 15.4 Å². The molecule has 3 N–H and O–H groups in total. The van der Waals surface area contributed by atoms with E-state index in [1.54, 1.807) is 24.5 Å². The average molecular weight is 556 g/mol. The number of nitrogens with zero attached hydrogens (tertiary/aromatic N) is 3. The summed E-state index contributed by atoms with van der Waals surface area (Å²) in [7, 11) is -3.11. The highest BCUT2D eigenvalue weighted by molar-refractivity contribution is 7.90. The Hall–Kier alpha value is -3.31. The molecular weight excluding hydrogens is 518 g/mol. The monoisotopic (exact) mass is 555 g/mol. The molecule has 0 saturated heterocycles. The molecule has 0 spiro atoms. The maximum absolute atomic E-state index is 12.3. The number of carbonyl (C=O) groups is 1. The molecule has 1 aliphatic heterocycles. The Kier molecular flexibility index (Phi) is 8.13. The van der Waals surface area contributed by atoms with Crippen molar-refractivity contribution in [2.24, 2.45) is 5.73 Å². The lowest BCUT2D eigenvalue weighted by Gasteiger charge is -2.27. The Balaban J connectivity index is 1.71. The number of esters is 1. The fraction of sp³-hybridized carbons (Fsp3) is 0.500. The summed E-state index contributed by atoms with van der Waals surface area (Å²) in [4.78, 5) is 26.1. The molecule has 39 heavy (non-hydrogen) atoms. The van der Waals surface area contributed by atoms with Crippen LogP contribution >= 0.6 is 0 Å². The molecule has 0 unspecified atom stereocenters. The third kappa shape index (κ3) is 6.47. The summed E-state index contributed by atoms with van der Waals surface area (Å²) in [5.74, 6) is 1.08. The van der Waals surface area contributed by atoms with Crippen LogP contribution in [0.2, 0.25) is 0 Å². The molecule has 210 valence electrons. The van der Waals surface area contributed by atoms with Crippen LogP contribution in [0, 0.1) is 0 Å². The number of hydrogen-bond donors (Lipinski definition) is 2. The van der Waals surface area contributed by atoms with E-state index in [1.165, 1.54) is 6.26 Å². The third-order valence-electron chi connectivity index (χ3n) is 7.16. The Morgan fingerprint density at radius 1 is 1.18 bits per heavy atom. The van der Waals surface area contributed by atoms with Crippen LogP contribution in [0.1, 0.15) is 81.4 Å². The van der Waals surface area contributed by atoms with Crippen LogP contribution in [0.4, 0.5) is 11.6 Å². The van der Waals surface area contributed by atoms with E-state index in [9.17, 15) is 13.2 Å². The first kappa shape index (κ1) is 28.7. The molecule has 0 saturated carbocycles. The molecule has 4 heterocycles. The number of ether oxygens (including phenoxy) is 2. The van der Waals surface area contributed by atoms with Crippen molar-refractivity contribution in [3.05, 3.63) is 47.4 Å². The summed E-state index contributed by atoms with van der Waals surface area (Å²) >= 11 is 0. The minimum atomic E-state index is -3.11. The van der Waals surface area contributed by atoms with Gasteiger partial charge in [-0.2, -0.15) is 0 Å². The molecule has 0 aliphatic carbocycles. The van der Waals surface area contributed by atoms with Crippen molar-refractivity contribution in [1.29, 1.82) is 0 Å². The van der Waals surface area contributed by atoms with Crippen LogP contribution < -0.4 is 15.8 Å². The topological polar surface area (TPSA) is 146 Å². The van der Waals surface area contributed by atoms with Crippen LogP contribution in [-0.2, 0) is 20.1 Å². The first-order valence-electron chi connectivity index (χ1n) is 13.2. The molecule has 0 amide bonds. The quantitative estimate of drug-likeness (QED) is 0.340. The minimum absolute atomic E-state index is 0.0246. The normalized spacial score (nSPS) is 19.6. The molecule has 4 rings (SSSR count). The highest BCUT2D eigenvalue weighted by Crippen LogP contribution is 2.36. The second kappa shape index (κ2) is 11.1. The van der Waals surface area contributed by atoms with Crippen molar-refractivity contribution < 1.29 is 22.7 Å². The zero-order valence-corrected chi connectivity index (χ0v) is 24.1. The van der Waals surface area contributed by atoms with Gasteiger partial charge in [-0.15, -0.1) is 0 Å². The predicted octanol–water partition coefficient (Wildman–Crippen LogP) is 4.61. The van der Waals surface area contributed by atoms with E-state index in [0.29, 0.717) is 40.6 Å². The van der Waals surface area contributed by atoms with Gasteiger partial charge < -0.3 is 20.5 Å². The van der Waals surface area contributed by atoms with Crippen molar-refractivity contribution in [2.45, 2.75) is 77.5 Å². The van der Waals surface area contributed by atoms with Crippen LogP contribution in [0.25, 0.3) is 10.8 Å². The summed E-state index contributed by atoms with van der Waals surface area (Å²) in [5.41, 5.74) is 8.10. The molecule has 1 aliphatic rings. The van der Waals surface area contributed by atoms with Gasteiger partial charge in [-0.25, -0.2) is 28.2 Å². The Morgan fingerprint density at radius 3 is 2.62 bits per heavy atom. The Labute approximate surface area is 229 Å². The van der Waals surface area contributed by atoms with Gasteiger partial charge in [-0.3, -0.25) is 0 Å². The van der Waals surface area contributed by atoms with Gasteiger partial charge in [-0.1, -0.05) is 20.3 Å². The van der Waals surface area contributed by atoms with Crippen LogP contribution in [0.3, 0.4) is 0 Å². The number of aromatic nitrogens is 3. The Morgan fingerprint density at radius 2 is 1.92 bits per heavy atom. The van der Waals surface area contributed by atoms with E-state index >= 15 is 0 Å². The number of fused-ring (bicyclic) bond motifs is 2. The van der Waals surface area contributed by atoms with Crippen LogP contribution in [-0.4, -0.2) is 53.6 Å². The number of carbonyl (C=O) groups excluding carboxylic acids is 1. The third-order valence-corrected chi connectivity index (χ3v) is 8.13. The summed E-state index contributed by atoms with van der Waals surface area (Å²) < 4.78 is 34.7. The zero-order valence-electron chi connectivity index (χ0n) is 23.3. The number of rotatable bonds is 10. The molecule has 3 aromatic heterocycles. The second-order valence-electron chi connectivity index (χ2n) is 10.8. The van der Waals surface area contributed by atoms with Gasteiger partial charge in [0.25, 0.3) is 0 Å². The lowest BCUT2D eigenvalue weighted by molar-refractivity contribution is 0.0235. The molecule has 0 fully saturated rings. The number of sulfone groups is 1. The number of hydrogen-bond acceptors (Lipinski definition) is 10. The molecule has 4 atom stereocenters. The largest absolute Gasteiger partial charge is 0.474 e. The highest BCUT2D eigenvalue weighted by atomic mass is 32.2.